The number of nitrogens with one attached hydrogen (secondary N) is 1. The van der Waals surface area contributed by atoms with Gasteiger partial charge in [0.15, 0.2) is 0 Å². The quantitative estimate of drug-likeness (QED) is 0.258. The summed E-state index contributed by atoms with van der Waals surface area (Å²) in [5.41, 5.74) is 0. The number of hydrogen-bond donors (Lipinski definition) is 7. The molecule has 22 heavy (non-hydrogen) atoms. The molecule has 1 fully saturated rings. The predicted molar refractivity (Wildman–Crippen MR) is 68.4 cm³/mol. The highest BCUT2D eigenvalue weighted by atomic mass is 16.7. The highest BCUT2D eigenvalue weighted by Gasteiger charge is 2.53. The Balaban J connectivity index is 0.00000441. The van der Waals surface area contributed by atoms with Gasteiger partial charge in [0.2, 0.25) is 5.91 Å². The first-order chi connectivity index (χ1) is 9.62. The number of rotatable bonds is 5. The van der Waals surface area contributed by atoms with Crippen LogP contribution < -0.4 is 5.32 Å². The number of ether oxygens (including phenoxy) is 1. The number of aliphatic hydroxyl groups excluding tert-OH is 4. The maximum absolute atomic E-state index is 11.1. The molecule has 0 aliphatic carbocycles. The van der Waals surface area contributed by atoms with Crippen molar-refractivity contribution < 1.29 is 50.4 Å². The summed E-state index contributed by atoms with van der Waals surface area (Å²) in [4.78, 5) is 22.1. The van der Waals surface area contributed by atoms with Crippen molar-refractivity contribution in [1.82, 2.24) is 5.32 Å². The van der Waals surface area contributed by atoms with Crippen LogP contribution in [0.4, 0.5) is 0 Å². The second kappa shape index (κ2) is 7.78. The van der Waals surface area contributed by atoms with E-state index in [1.54, 1.807) is 0 Å². The number of carboxylic acid groups (broad SMARTS) is 1. The molecule has 0 aromatic carbocycles. The Labute approximate surface area is 125 Å². The molecule has 11 nitrogen and oxygen atoms in total. The van der Waals surface area contributed by atoms with Gasteiger partial charge in [-0.25, -0.2) is 4.79 Å². The molecule has 1 aliphatic heterocycles. The second-order valence-corrected chi connectivity index (χ2v) is 4.91. The Morgan fingerprint density at radius 3 is 2.36 bits per heavy atom. The third kappa shape index (κ3) is 4.33. The van der Waals surface area contributed by atoms with E-state index in [1.807, 2.05) is 0 Å². The van der Waals surface area contributed by atoms with E-state index in [9.17, 15) is 30.0 Å². The van der Waals surface area contributed by atoms with E-state index in [4.69, 9.17) is 14.9 Å². The van der Waals surface area contributed by atoms with Crippen molar-refractivity contribution in [3.8, 4) is 0 Å². The van der Waals surface area contributed by atoms with E-state index in [1.165, 1.54) is 0 Å². The Morgan fingerprint density at radius 2 is 1.95 bits per heavy atom. The summed E-state index contributed by atoms with van der Waals surface area (Å²) in [5.74, 6) is -5.17. The average Bonchev–Trinajstić information content (AvgIpc) is 2.39. The van der Waals surface area contributed by atoms with Crippen LogP contribution in [0.1, 0.15) is 13.3 Å². The van der Waals surface area contributed by atoms with Gasteiger partial charge in [-0.3, -0.25) is 4.79 Å². The molecule has 1 rings (SSSR count). The van der Waals surface area contributed by atoms with Crippen molar-refractivity contribution in [2.24, 2.45) is 0 Å². The van der Waals surface area contributed by atoms with Crippen LogP contribution in [-0.4, -0.2) is 90.8 Å². The number of hydrogen-bond acceptors (Lipinski definition) is 8. The van der Waals surface area contributed by atoms with Gasteiger partial charge in [0.25, 0.3) is 5.79 Å². The fourth-order valence-corrected chi connectivity index (χ4v) is 2.14. The SMILES string of the molecule is CC(=O)N[C@H]1[C@H]([C@H](O)[C@H](O)CO)OC(O)(C(=O)O)C[C@@H]1O.O. The lowest BCUT2D eigenvalue weighted by atomic mass is 9.88. The van der Waals surface area contributed by atoms with E-state index >= 15 is 0 Å². The highest BCUT2D eigenvalue weighted by Crippen LogP contribution is 2.30. The molecule has 0 aromatic heterocycles. The van der Waals surface area contributed by atoms with Crippen LogP contribution in [0.2, 0.25) is 0 Å². The number of carbonyl (C=O) groups is 2. The normalized spacial score (nSPS) is 34.2. The number of amides is 1. The molecule has 0 spiro atoms. The summed E-state index contributed by atoms with van der Waals surface area (Å²) >= 11 is 0. The molecule has 1 heterocycles. The van der Waals surface area contributed by atoms with Gasteiger partial charge in [-0.15, -0.1) is 0 Å². The van der Waals surface area contributed by atoms with E-state index < -0.39 is 61.1 Å². The van der Waals surface area contributed by atoms with Crippen LogP contribution in [0.5, 0.6) is 0 Å². The van der Waals surface area contributed by atoms with Crippen molar-refractivity contribution in [3.05, 3.63) is 0 Å². The van der Waals surface area contributed by atoms with E-state index in [0.717, 1.165) is 6.92 Å². The molecule has 1 saturated heterocycles. The molecule has 0 saturated carbocycles. The standard InChI is InChI=1S/C11H19NO9.H2O/c1-4(14)12-7-5(15)2-11(20,10(18)19)21-9(7)8(17)6(16)3-13;/h5-9,13,15-17,20H,2-3H2,1H3,(H,12,14)(H,18,19);1H2/t5-,6+,7+,8+,9+,11?;/m0./s1. The molecule has 0 radical (unpaired) electrons. The Morgan fingerprint density at radius 1 is 1.41 bits per heavy atom. The summed E-state index contributed by atoms with van der Waals surface area (Å²) in [6.07, 6.45) is -7.48. The minimum absolute atomic E-state index is 0. The van der Waals surface area contributed by atoms with Gasteiger partial charge in [0.1, 0.15) is 18.3 Å². The molecule has 1 unspecified atom stereocenters. The summed E-state index contributed by atoms with van der Waals surface area (Å²) < 4.78 is 4.86. The van der Waals surface area contributed by atoms with Crippen LogP contribution >= 0.6 is 0 Å². The number of carboxylic acids is 1. The van der Waals surface area contributed by atoms with Crippen molar-refractivity contribution in [2.75, 3.05) is 6.61 Å². The zero-order chi connectivity index (χ0) is 16.4. The molecule has 0 aromatic rings. The van der Waals surface area contributed by atoms with Crippen LogP contribution in [-0.2, 0) is 14.3 Å². The van der Waals surface area contributed by atoms with Gasteiger partial charge >= 0.3 is 5.97 Å². The molecule has 0 bridgehead atoms. The van der Waals surface area contributed by atoms with Crippen LogP contribution in [0, 0.1) is 0 Å². The highest BCUT2D eigenvalue weighted by molar-refractivity contribution is 5.76. The molecule has 6 atom stereocenters. The first-order valence-corrected chi connectivity index (χ1v) is 6.18. The van der Waals surface area contributed by atoms with Crippen molar-refractivity contribution in [3.63, 3.8) is 0 Å². The molecule has 9 N–H and O–H groups in total. The second-order valence-electron chi connectivity index (χ2n) is 4.91. The zero-order valence-corrected chi connectivity index (χ0v) is 11.7. The Hall–Kier alpha value is -1.34. The topological polar surface area (TPSA) is 208 Å². The first-order valence-electron chi connectivity index (χ1n) is 6.18. The van der Waals surface area contributed by atoms with Gasteiger partial charge in [-0.05, 0) is 0 Å². The largest absolute Gasteiger partial charge is 0.477 e. The lowest BCUT2D eigenvalue weighted by Crippen LogP contribution is -2.67. The maximum Gasteiger partial charge on any atom is 0.364 e. The van der Waals surface area contributed by atoms with Crippen molar-refractivity contribution in [1.29, 1.82) is 0 Å². The van der Waals surface area contributed by atoms with Crippen molar-refractivity contribution >= 4 is 11.9 Å². The fraction of sp³-hybridized carbons (Fsp3) is 0.818. The van der Waals surface area contributed by atoms with Gasteiger partial charge in [-0.1, -0.05) is 0 Å². The lowest BCUT2D eigenvalue weighted by molar-refractivity contribution is -0.295. The lowest BCUT2D eigenvalue weighted by Gasteiger charge is -2.44. The van der Waals surface area contributed by atoms with Crippen molar-refractivity contribution in [2.45, 2.75) is 49.6 Å². The van der Waals surface area contributed by atoms with Crippen LogP contribution in [0.3, 0.4) is 0 Å². The van der Waals surface area contributed by atoms with Crippen LogP contribution in [0.25, 0.3) is 0 Å². The molecular formula is C11H21NO10. The van der Waals surface area contributed by atoms with Gasteiger partial charge in [0, 0.05) is 13.3 Å². The monoisotopic (exact) mass is 327 g/mol. The van der Waals surface area contributed by atoms with Gasteiger partial charge in [-0.2, -0.15) is 0 Å². The summed E-state index contributed by atoms with van der Waals surface area (Å²) in [5, 5.41) is 59.0. The maximum atomic E-state index is 11.1. The fourth-order valence-electron chi connectivity index (χ4n) is 2.14. The molecule has 11 heteroatoms. The Bertz CT molecular complexity index is 404. The molecule has 1 amide bonds. The smallest absolute Gasteiger partial charge is 0.364 e. The van der Waals surface area contributed by atoms with Gasteiger partial charge < -0.3 is 46.2 Å². The third-order valence-electron chi connectivity index (χ3n) is 3.21. The number of carbonyl (C=O) groups excluding carboxylic acids is 1. The number of aliphatic hydroxyl groups is 5. The third-order valence-corrected chi connectivity index (χ3v) is 3.21. The molecular weight excluding hydrogens is 306 g/mol. The zero-order valence-electron chi connectivity index (χ0n) is 11.7. The minimum atomic E-state index is -2.78. The number of aliphatic carboxylic acids is 1. The van der Waals surface area contributed by atoms with E-state index in [2.05, 4.69) is 5.32 Å². The first kappa shape index (κ1) is 20.7. The van der Waals surface area contributed by atoms with E-state index in [-0.39, 0.29) is 5.48 Å². The minimum Gasteiger partial charge on any atom is -0.477 e. The Kier molecular flexibility index (Phi) is 7.31. The molecule has 130 valence electrons. The van der Waals surface area contributed by atoms with Gasteiger partial charge in [0.05, 0.1) is 18.8 Å². The molecule has 1 aliphatic rings. The summed E-state index contributed by atoms with van der Waals surface area (Å²) in [7, 11) is 0. The van der Waals surface area contributed by atoms with E-state index in [0.29, 0.717) is 0 Å². The van der Waals surface area contributed by atoms with Crippen LogP contribution in [0.15, 0.2) is 0 Å². The predicted octanol–water partition coefficient (Wildman–Crippen LogP) is -4.70. The summed E-state index contributed by atoms with van der Waals surface area (Å²) in [6, 6.07) is -1.27. The summed E-state index contributed by atoms with van der Waals surface area (Å²) in [6.45, 7) is 0.256. The average molecular weight is 327 g/mol.